The lowest BCUT2D eigenvalue weighted by Gasteiger charge is -1.95. The lowest BCUT2D eigenvalue weighted by Crippen LogP contribution is -1.86. The Balaban J connectivity index is 2.47. The van der Waals surface area contributed by atoms with Gasteiger partial charge in [-0.15, -0.1) is 0 Å². The van der Waals surface area contributed by atoms with Crippen molar-refractivity contribution < 1.29 is 0 Å². The van der Waals surface area contributed by atoms with Crippen LogP contribution in [0.1, 0.15) is 5.56 Å². The molecule has 5 nitrogen and oxygen atoms in total. The lowest BCUT2D eigenvalue weighted by molar-refractivity contribution is 1.28. The van der Waals surface area contributed by atoms with Crippen LogP contribution in [0, 0.1) is 11.3 Å². The highest BCUT2D eigenvalue weighted by atomic mass is 15.0. The molecule has 0 amide bonds. The molecule has 0 aliphatic rings. The van der Waals surface area contributed by atoms with Gasteiger partial charge in [0.05, 0.1) is 17.5 Å². The first-order valence-electron chi connectivity index (χ1n) is 3.95. The van der Waals surface area contributed by atoms with Crippen LogP contribution in [0.4, 0.5) is 5.95 Å². The van der Waals surface area contributed by atoms with Gasteiger partial charge in [0.25, 0.3) is 0 Å². The van der Waals surface area contributed by atoms with Gasteiger partial charge < -0.3 is 10.7 Å². The minimum Gasteiger partial charge on any atom is -0.369 e. The van der Waals surface area contributed by atoms with Gasteiger partial charge in [-0.05, 0) is 6.07 Å². The molecule has 5 heteroatoms. The Bertz CT molecular complexity index is 494. The number of nitrogens with two attached hydrogens (primary N) is 1. The third kappa shape index (κ3) is 1.41. The molecule has 2 heterocycles. The smallest absolute Gasteiger partial charge is 0.197 e. The third-order valence-electron chi connectivity index (χ3n) is 1.77. The number of anilines is 1. The van der Waals surface area contributed by atoms with E-state index >= 15 is 0 Å². The molecule has 0 aliphatic carbocycles. The van der Waals surface area contributed by atoms with Crippen LogP contribution >= 0.6 is 0 Å². The molecule has 2 aromatic rings. The van der Waals surface area contributed by atoms with E-state index in [1.165, 1.54) is 6.20 Å². The number of nitrogen functional groups attached to an aromatic ring is 1. The van der Waals surface area contributed by atoms with E-state index < -0.39 is 0 Å². The maximum atomic E-state index is 8.67. The summed E-state index contributed by atoms with van der Waals surface area (Å²) in [4.78, 5) is 10.7. The molecule has 0 spiro atoms. The predicted octanol–water partition coefficient (Wildman–Crippen LogP) is 0.926. The lowest BCUT2D eigenvalue weighted by atomic mass is 10.2. The van der Waals surface area contributed by atoms with Gasteiger partial charge in [-0.1, -0.05) is 0 Å². The number of pyridine rings is 1. The van der Waals surface area contributed by atoms with Crippen molar-refractivity contribution in [3.05, 3.63) is 30.2 Å². The standard InChI is InChI=1S/C9H7N5/c10-2-6-1-7(4-12-3-6)8-5-13-9(11)14-8/h1,3-5H,(H3,11,13,14). The molecule has 0 saturated heterocycles. The van der Waals surface area contributed by atoms with E-state index in [1.807, 2.05) is 6.07 Å². The highest BCUT2D eigenvalue weighted by molar-refractivity contribution is 5.60. The fourth-order valence-electron chi connectivity index (χ4n) is 1.13. The number of nitriles is 1. The van der Waals surface area contributed by atoms with Gasteiger partial charge >= 0.3 is 0 Å². The normalized spacial score (nSPS) is 9.64. The average Bonchev–Trinajstić information content (AvgIpc) is 2.65. The minimum atomic E-state index is 0.349. The van der Waals surface area contributed by atoms with E-state index in [0.29, 0.717) is 11.5 Å². The Morgan fingerprint density at radius 3 is 2.86 bits per heavy atom. The van der Waals surface area contributed by atoms with Crippen molar-refractivity contribution in [2.24, 2.45) is 0 Å². The molecule has 2 rings (SSSR count). The summed E-state index contributed by atoms with van der Waals surface area (Å²) in [5, 5.41) is 8.67. The molecule has 68 valence electrons. The van der Waals surface area contributed by atoms with Crippen LogP contribution in [0.2, 0.25) is 0 Å². The monoisotopic (exact) mass is 185 g/mol. The molecule has 0 bridgehead atoms. The molecule has 14 heavy (non-hydrogen) atoms. The van der Waals surface area contributed by atoms with Crippen LogP contribution in [-0.2, 0) is 0 Å². The Hall–Kier alpha value is -2.35. The van der Waals surface area contributed by atoms with Crippen molar-refractivity contribution in [3.63, 3.8) is 0 Å². The van der Waals surface area contributed by atoms with Crippen LogP contribution < -0.4 is 5.73 Å². The van der Waals surface area contributed by atoms with Crippen molar-refractivity contribution in [2.75, 3.05) is 5.73 Å². The number of imidazole rings is 1. The summed E-state index contributed by atoms with van der Waals surface area (Å²) in [6.45, 7) is 0. The van der Waals surface area contributed by atoms with Gasteiger partial charge in [-0.25, -0.2) is 4.98 Å². The molecule has 0 radical (unpaired) electrons. The topological polar surface area (TPSA) is 91.4 Å². The number of aromatic amines is 1. The zero-order valence-electron chi connectivity index (χ0n) is 7.23. The highest BCUT2D eigenvalue weighted by Crippen LogP contribution is 2.17. The molecule has 0 saturated carbocycles. The molecule has 0 fully saturated rings. The van der Waals surface area contributed by atoms with E-state index in [-0.39, 0.29) is 0 Å². The molecule has 0 aliphatic heterocycles. The van der Waals surface area contributed by atoms with Crippen molar-refractivity contribution in [3.8, 4) is 17.3 Å². The largest absolute Gasteiger partial charge is 0.369 e. The quantitative estimate of drug-likeness (QED) is 0.691. The second kappa shape index (κ2) is 3.18. The van der Waals surface area contributed by atoms with Crippen LogP contribution in [0.5, 0.6) is 0 Å². The Labute approximate surface area is 80.2 Å². The molecule has 0 atom stereocenters. The van der Waals surface area contributed by atoms with Gasteiger partial charge in [-0.3, -0.25) is 4.98 Å². The van der Waals surface area contributed by atoms with Crippen LogP contribution in [0.25, 0.3) is 11.3 Å². The number of rotatable bonds is 1. The van der Waals surface area contributed by atoms with E-state index in [1.54, 1.807) is 18.5 Å². The van der Waals surface area contributed by atoms with Crippen molar-refractivity contribution in [1.82, 2.24) is 15.0 Å². The SMILES string of the molecule is N#Cc1cncc(-c2cnc(N)[nH]2)c1. The molecule has 2 aromatic heterocycles. The highest BCUT2D eigenvalue weighted by Gasteiger charge is 2.02. The summed E-state index contributed by atoms with van der Waals surface area (Å²) in [6, 6.07) is 3.74. The predicted molar refractivity (Wildman–Crippen MR) is 50.9 cm³/mol. The Morgan fingerprint density at radius 1 is 1.36 bits per heavy atom. The molecular formula is C9H7N5. The first-order chi connectivity index (χ1) is 6.79. The summed E-state index contributed by atoms with van der Waals surface area (Å²) < 4.78 is 0. The number of nitrogens with one attached hydrogen (secondary N) is 1. The molecule has 0 unspecified atom stereocenters. The van der Waals surface area contributed by atoms with Gasteiger partial charge in [0.15, 0.2) is 5.95 Å². The van der Waals surface area contributed by atoms with Crippen LogP contribution in [0.3, 0.4) is 0 Å². The van der Waals surface area contributed by atoms with Gasteiger partial charge in [0.2, 0.25) is 0 Å². The first kappa shape index (κ1) is 8.26. The minimum absolute atomic E-state index is 0.349. The van der Waals surface area contributed by atoms with E-state index in [4.69, 9.17) is 11.0 Å². The number of hydrogen-bond donors (Lipinski definition) is 2. The van der Waals surface area contributed by atoms with E-state index in [9.17, 15) is 0 Å². The van der Waals surface area contributed by atoms with Crippen molar-refractivity contribution >= 4 is 5.95 Å². The van der Waals surface area contributed by atoms with Crippen LogP contribution in [-0.4, -0.2) is 15.0 Å². The number of H-pyrrole nitrogens is 1. The summed E-state index contributed by atoms with van der Waals surface area (Å²) in [7, 11) is 0. The van der Waals surface area contributed by atoms with Gasteiger partial charge in [-0.2, -0.15) is 5.26 Å². The maximum Gasteiger partial charge on any atom is 0.197 e. The molecule has 0 aromatic carbocycles. The first-order valence-corrected chi connectivity index (χ1v) is 3.95. The fourth-order valence-corrected chi connectivity index (χ4v) is 1.13. The molecule has 3 N–H and O–H groups in total. The second-order valence-corrected chi connectivity index (χ2v) is 2.76. The zero-order valence-corrected chi connectivity index (χ0v) is 7.23. The third-order valence-corrected chi connectivity index (χ3v) is 1.77. The van der Waals surface area contributed by atoms with E-state index in [2.05, 4.69) is 15.0 Å². The Kier molecular flexibility index (Phi) is 1.88. The second-order valence-electron chi connectivity index (χ2n) is 2.76. The van der Waals surface area contributed by atoms with Crippen molar-refractivity contribution in [2.45, 2.75) is 0 Å². The fraction of sp³-hybridized carbons (Fsp3) is 0. The maximum absolute atomic E-state index is 8.67. The summed E-state index contributed by atoms with van der Waals surface area (Å²) >= 11 is 0. The summed E-state index contributed by atoms with van der Waals surface area (Å²) in [5.74, 6) is 0.349. The Morgan fingerprint density at radius 2 is 2.21 bits per heavy atom. The van der Waals surface area contributed by atoms with Crippen LogP contribution in [0.15, 0.2) is 24.7 Å². The van der Waals surface area contributed by atoms with Crippen molar-refractivity contribution in [1.29, 1.82) is 5.26 Å². The zero-order chi connectivity index (χ0) is 9.97. The number of nitrogens with zero attached hydrogens (tertiary/aromatic N) is 3. The number of aromatic nitrogens is 3. The van der Waals surface area contributed by atoms with Gasteiger partial charge in [0.1, 0.15) is 6.07 Å². The number of hydrogen-bond acceptors (Lipinski definition) is 4. The summed E-state index contributed by atoms with van der Waals surface area (Å²) in [6.07, 6.45) is 4.75. The van der Waals surface area contributed by atoms with Gasteiger partial charge in [0, 0.05) is 18.0 Å². The van der Waals surface area contributed by atoms with E-state index in [0.717, 1.165) is 11.3 Å². The molecular weight excluding hydrogens is 178 g/mol. The summed E-state index contributed by atoms with van der Waals surface area (Å²) in [5.41, 5.74) is 7.50. The average molecular weight is 185 g/mol.